The Balaban J connectivity index is 1.73. The summed E-state index contributed by atoms with van der Waals surface area (Å²) in [5, 5.41) is 9.25. The molecule has 1 N–H and O–H groups in total. The van der Waals surface area contributed by atoms with E-state index >= 15 is 0 Å². The second-order valence-electron chi connectivity index (χ2n) is 5.97. The quantitative estimate of drug-likeness (QED) is 0.929. The summed E-state index contributed by atoms with van der Waals surface area (Å²) in [5.41, 5.74) is 0.0566. The fraction of sp³-hybridized carbons (Fsp3) is 0.562. The number of aromatic hydroxyl groups is 1. The minimum absolute atomic E-state index is 0.0566. The van der Waals surface area contributed by atoms with Crippen LogP contribution in [0.15, 0.2) is 18.2 Å². The zero-order chi connectivity index (χ0) is 14.8. The van der Waals surface area contributed by atoms with Gasteiger partial charge in [0.05, 0.1) is 5.56 Å². The van der Waals surface area contributed by atoms with Crippen LogP contribution in [0.3, 0.4) is 0 Å². The largest absolute Gasteiger partial charge is 0.508 e. The van der Waals surface area contributed by atoms with Gasteiger partial charge in [-0.15, -0.1) is 0 Å². The molecule has 1 atom stereocenters. The van der Waals surface area contributed by atoms with E-state index in [4.69, 9.17) is 0 Å². The van der Waals surface area contributed by atoms with Crippen molar-refractivity contribution in [2.45, 2.75) is 31.7 Å². The van der Waals surface area contributed by atoms with Crippen molar-refractivity contribution in [3.63, 3.8) is 0 Å². The number of carbonyl (C=O) groups excluding carboxylic acids is 1. The Bertz CT molecular complexity index is 529. The van der Waals surface area contributed by atoms with E-state index < -0.39 is 5.82 Å². The lowest BCUT2D eigenvalue weighted by Crippen LogP contribution is -2.42. The monoisotopic (exact) mass is 292 g/mol. The molecule has 2 aliphatic heterocycles. The SMILES string of the molecule is O=C(c1ccc(O)cc1F)N1CCCC1CN1CCCC1. The average molecular weight is 292 g/mol. The third-order valence-electron chi connectivity index (χ3n) is 4.49. The molecule has 1 amide bonds. The van der Waals surface area contributed by atoms with E-state index in [0.29, 0.717) is 6.54 Å². The molecule has 0 radical (unpaired) electrons. The summed E-state index contributed by atoms with van der Waals surface area (Å²) >= 11 is 0. The van der Waals surface area contributed by atoms with Crippen LogP contribution in [0.25, 0.3) is 0 Å². The van der Waals surface area contributed by atoms with E-state index in [-0.39, 0.29) is 23.3 Å². The van der Waals surface area contributed by atoms with E-state index in [2.05, 4.69) is 4.90 Å². The number of carbonyl (C=O) groups is 1. The Kier molecular flexibility index (Phi) is 4.10. The summed E-state index contributed by atoms with van der Waals surface area (Å²) in [6.07, 6.45) is 4.42. The lowest BCUT2D eigenvalue weighted by Gasteiger charge is -2.28. The van der Waals surface area contributed by atoms with E-state index in [1.165, 1.54) is 25.0 Å². The topological polar surface area (TPSA) is 43.8 Å². The Morgan fingerprint density at radius 3 is 2.71 bits per heavy atom. The fourth-order valence-electron chi connectivity index (χ4n) is 3.39. The third kappa shape index (κ3) is 3.02. The fourth-order valence-corrected chi connectivity index (χ4v) is 3.39. The predicted octanol–water partition coefficient (Wildman–Crippen LogP) is 2.23. The molecule has 5 heteroatoms. The smallest absolute Gasteiger partial charge is 0.257 e. The van der Waals surface area contributed by atoms with E-state index in [9.17, 15) is 14.3 Å². The predicted molar refractivity (Wildman–Crippen MR) is 77.8 cm³/mol. The maximum atomic E-state index is 13.9. The number of rotatable bonds is 3. The van der Waals surface area contributed by atoms with Gasteiger partial charge in [-0.25, -0.2) is 4.39 Å². The van der Waals surface area contributed by atoms with Crippen LogP contribution >= 0.6 is 0 Å². The molecule has 2 fully saturated rings. The first kappa shape index (κ1) is 14.3. The molecule has 0 bridgehead atoms. The van der Waals surface area contributed by atoms with Crippen molar-refractivity contribution in [3.05, 3.63) is 29.6 Å². The molecule has 114 valence electrons. The molecule has 1 aromatic rings. The summed E-state index contributed by atoms with van der Waals surface area (Å²) in [6, 6.07) is 3.92. The van der Waals surface area contributed by atoms with Crippen LogP contribution < -0.4 is 0 Å². The molecule has 4 nitrogen and oxygen atoms in total. The first-order valence-electron chi connectivity index (χ1n) is 7.67. The molecule has 21 heavy (non-hydrogen) atoms. The Morgan fingerprint density at radius 2 is 2.00 bits per heavy atom. The Labute approximate surface area is 124 Å². The first-order valence-corrected chi connectivity index (χ1v) is 7.67. The normalized spacial score (nSPS) is 22.9. The molecule has 2 heterocycles. The van der Waals surface area contributed by atoms with Crippen LogP contribution in [0, 0.1) is 5.82 Å². The molecule has 2 saturated heterocycles. The molecule has 0 aliphatic carbocycles. The molecular weight excluding hydrogens is 271 g/mol. The van der Waals surface area contributed by atoms with Gasteiger partial charge in [0.2, 0.25) is 0 Å². The maximum Gasteiger partial charge on any atom is 0.257 e. The lowest BCUT2D eigenvalue weighted by atomic mass is 10.1. The van der Waals surface area contributed by atoms with Gasteiger partial charge in [-0.05, 0) is 50.9 Å². The number of amides is 1. The molecule has 1 unspecified atom stereocenters. The van der Waals surface area contributed by atoms with Gasteiger partial charge in [0.1, 0.15) is 11.6 Å². The van der Waals surface area contributed by atoms with Gasteiger partial charge in [0.25, 0.3) is 5.91 Å². The van der Waals surface area contributed by atoms with Crippen LogP contribution in [0.1, 0.15) is 36.0 Å². The highest BCUT2D eigenvalue weighted by Crippen LogP contribution is 2.24. The minimum Gasteiger partial charge on any atom is -0.508 e. The highest BCUT2D eigenvalue weighted by Gasteiger charge is 2.32. The molecule has 0 aromatic heterocycles. The molecule has 0 saturated carbocycles. The standard InChI is InChI=1S/C16H21FN2O2/c17-15-10-13(20)5-6-14(15)16(21)19-9-3-4-12(19)11-18-7-1-2-8-18/h5-6,10,12,20H,1-4,7-9,11H2. The number of nitrogens with zero attached hydrogens (tertiary/aromatic N) is 2. The second kappa shape index (κ2) is 6.02. The summed E-state index contributed by atoms with van der Waals surface area (Å²) in [7, 11) is 0. The van der Waals surface area contributed by atoms with Crippen LogP contribution in [0.2, 0.25) is 0 Å². The summed E-state index contributed by atoms with van der Waals surface area (Å²) in [6.45, 7) is 3.79. The first-order chi connectivity index (χ1) is 10.1. The van der Waals surface area contributed by atoms with Gasteiger partial charge in [0, 0.05) is 25.2 Å². The summed E-state index contributed by atoms with van der Waals surface area (Å²) < 4.78 is 13.9. The van der Waals surface area contributed by atoms with Crippen LogP contribution in [-0.2, 0) is 0 Å². The van der Waals surface area contributed by atoms with E-state index in [1.807, 2.05) is 0 Å². The molecular formula is C16H21FN2O2. The molecule has 3 rings (SSSR count). The number of halogens is 1. The second-order valence-corrected chi connectivity index (χ2v) is 5.97. The number of benzene rings is 1. The molecule has 0 spiro atoms. The van der Waals surface area contributed by atoms with E-state index in [0.717, 1.165) is 38.5 Å². The lowest BCUT2D eigenvalue weighted by molar-refractivity contribution is 0.0704. The van der Waals surface area contributed by atoms with Crippen molar-refractivity contribution >= 4 is 5.91 Å². The third-order valence-corrected chi connectivity index (χ3v) is 4.49. The number of hydrogen-bond acceptors (Lipinski definition) is 3. The molecule has 1 aromatic carbocycles. The van der Waals surface area contributed by atoms with Crippen molar-refractivity contribution in [1.82, 2.24) is 9.80 Å². The van der Waals surface area contributed by atoms with Gasteiger partial charge in [-0.1, -0.05) is 0 Å². The summed E-state index contributed by atoms with van der Waals surface area (Å²) in [5.74, 6) is -1.06. The number of phenols is 1. The number of hydrogen-bond donors (Lipinski definition) is 1. The average Bonchev–Trinajstić information content (AvgIpc) is 3.10. The maximum absolute atomic E-state index is 13.9. The van der Waals surface area contributed by atoms with Crippen LogP contribution in [-0.4, -0.2) is 53.0 Å². The molecule has 2 aliphatic rings. The van der Waals surface area contributed by atoms with E-state index in [1.54, 1.807) is 4.90 Å². The number of phenolic OH excluding ortho intramolecular Hbond substituents is 1. The van der Waals surface area contributed by atoms with Gasteiger partial charge in [0.15, 0.2) is 0 Å². The Morgan fingerprint density at radius 1 is 1.24 bits per heavy atom. The minimum atomic E-state index is -0.646. The van der Waals surface area contributed by atoms with Gasteiger partial charge in [-0.2, -0.15) is 0 Å². The van der Waals surface area contributed by atoms with Crippen LogP contribution in [0.4, 0.5) is 4.39 Å². The zero-order valence-corrected chi connectivity index (χ0v) is 12.1. The highest BCUT2D eigenvalue weighted by atomic mass is 19.1. The van der Waals surface area contributed by atoms with Gasteiger partial charge in [-0.3, -0.25) is 4.79 Å². The van der Waals surface area contributed by atoms with Crippen LogP contribution in [0.5, 0.6) is 5.75 Å². The van der Waals surface area contributed by atoms with Gasteiger partial charge < -0.3 is 14.9 Å². The van der Waals surface area contributed by atoms with Crippen molar-refractivity contribution in [1.29, 1.82) is 0 Å². The van der Waals surface area contributed by atoms with Crippen molar-refractivity contribution in [2.75, 3.05) is 26.2 Å². The summed E-state index contributed by atoms with van der Waals surface area (Å²) in [4.78, 5) is 16.7. The number of likely N-dealkylation sites (tertiary alicyclic amines) is 2. The zero-order valence-electron chi connectivity index (χ0n) is 12.1. The van der Waals surface area contributed by atoms with Crippen molar-refractivity contribution in [2.24, 2.45) is 0 Å². The highest BCUT2D eigenvalue weighted by molar-refractivity contribution is 5.95. The van der Waals surface area contributed by atoms with Crippen molar-refractivity contribution in [3.8, 4) is 5.75 Å². The van der Waals surface area contributed by atoms with Crippen molar-refractivity contribution < 1.29 is 14.3 Å². The van der Waals surface area contributed by atoms with Gasteiger partial charge >= 0.3 is 0 Å². The Hall–Kier alpha value is -1.62.